The lowest BCUT2D eigenvalue weighted by Crippen LogP contribution is -2.67. The Labute approximate surface area is 384 Å². The Balaban J connectivity index is 1.17. The van der Waals surface area contributed by atoms with Gasteiger partial charge in [0.2, 0.25) is 0 Å². The third kappa shape index (κ3) is 7.94. The van der Waals surface area contributed by atoms with Gasteiger partial charge in [-0.2, -0.15) is 0 Å². The Bertz CT molecular complexity index is 2490. The highest BCUT2D eigenvalue weighted by Crippen LogP contribution is 2.49. The quantitative estimate of drug-likeness (QED) is 0.0616. The molecule has 0 spiro atoms. The average Bonchev–Trinajstić information content (AvgIpc) is 3.94. The molecular weight excluding hydrogens is 823 g/mol. The number of methoxy groups -OCH3 is 2. The van der Waals surface area contributed by atoms with Gasteiger partial charge in [-0.3, -0.25) is 4.90 Å². The molecule has 1 saturated heterocycles. The second-order valence-electron chi connectivity index (χ2n) is 18.0. The molecule has 2 atom stereocenters. The van der Waals surface area contributed by atoms with Gasteiger partial charge in [-0.25, -0.2) is 4.79 Å². The number of fused-ring (bicyclic) bond motifs is 3. The van der Waals surface area contributed by atoms with E-state index in [4.69, 9.17) is 23.4 Å². The number of nitrogens with zero attached hydrogens (tertiary/aromatic N) is 1. The molecule has 9 rings (SSSR count). The smallest absolute Gasteiger partial charge is 0.410 e. The van der Waals surface area contributed by atoms with E-state index in [0.29, 0.717) is 6.42 Å². The number of hydrogen-bond acceptors (Lipinski definition) is 6. The van der Waals surface area contributed by atoms with E-state index in [0.717, 1.165) is 49.3 Å². The van der Waals surface area contributed by atoms with Crippen molar-refractivity contribution in [1.82, 2.24) is 4.90 Å². The van der Waals surface area contributed by atoms with Gasteiger partial charge in [-0.1, -0.05) is 221 Å². The molecule has 7 nitrogen and oxygen atoms in total. The van der Waals surface area contributed by atoms with Crippen molar-refractivity contribution in [3.63, 3.8) is 0 Å². The molecule has 7 aromatic carbocycles. The number of carbonyl (C=O) groups excluding carboxylic acids is 1. The zero-order valence-electron chi connectivity index (χ0n) is 37.8. The normalized spacial score (nSPS) is 16.5. The molecule has 65 heavy (non-hydrogen) atoms. The summed E-state index contributed by atoms with van der Waals surface area (Å²) in [6.45, 7) is 7.15. The molecule has 0 N–H and O–H groups in total. The zero-order chi connectivity index (χ0) is 45.1. The maximum Gasteiger partial charge on any atom is 0.410 e. The van der Waals surface area contributed by atoms with Crippen LogP contribution in [0, 0.1) is 0 Å². The molecule has 1 amide bonds. The fourth-order valence-corrected chi connectivity index (χ4v) is 15.1. The van der Waals surface area contributed by atoms with Gasteiger partial charge in [0.15, 0.2) is 0 Å². The molecule has 2 unspecified atom stereocenters. The minimum atomic E-state index is -3.11. The summed E-state index contributed by atoms with van der Waals surface area (Å²) in [4.78, 5) is 17.0. The highest BCUT2D eigenvalue weighted by molar-refractivity contribution is 6.99. The van der Waals surface area contributed by atoms with Crippen molar-refractivity contribution in [3.8, 4) is 11.1 Å². The van der Waals surface area contributed by atoms with Gasteiger partial charge in [-0.05, 0) is 54.4 Å². The van der Waals surface area contributed by atoms with E-state index in [9.17, 15) is 0 Å². The van der Waals surface area contributed by atoms with E-state index < -0.39 is 38.1 Å². The fourth-order valence-electron chi connectivity index (χ4n) is 10.5. The van der Waals surface area contributed by atoms with Gasteiger partial charge in [0.1, 0.15) is 18.2 Å². The van der Waals surface area contributed by atoms with Gasteiger partial charge in [-0.15, -0.1) is 0 Å². The molecule has 0 bridgehead atoms. The second-order valence-corrected chi connectivity index (χ2v) is 22.3. The second kappa shape index (κ2) is 18.4. The third-order valence-electron chi connectivity index (χ3n) is 13.4. The van der Waals surface area contributed by atoms with Crippen LogP contribution in [0.2, 0.25) is 5.04 Å². The predicted molar refractivity (Wildman–Crippen MR) is 260 cm³/mol. The van der Waals surface area contributed by atoms with Crippen molar-refractivity contribution in [1.29, 1.82) is 0 Å². The molecule has 1 heterocycles. The minimum Gasteiger partial charge on any atom is -0.448 e. The summed E-state index contributed by atoms with van der Waals surface area (Å²) in [5.74, 6) is -1.99. The van der Waals surface area contributed by atoms with Crippen LogP contribution in [0.4, 0.5) is 4.79 Å². The Hall–Kier alpha value is -6.13. The standard InChI is InChI=1S/C57H57NO6Si/c1-55(2,3)65(46-31-17-9-18-32-46,47-33-19-10-20-34-47)63-45-39-53(58(40-45)54(59)62-41-52-50-37-23-21-35-48(50)49-36-22-24-38-51(49)52)57(60-4,61-5)64-56(42-25-11-6-12-26-42,43-27-13-7-14-28-43)44-29-15-8-16-30-44/h6-38,45,52-53H,39-41H2,1-5H3. The first-order valence-electron chi connectivity index (χ1n) is 22.5. The summed E-state index contributed by atoms with van der Waals surface area (Å²) in [5.41, 5.74) is 5.92. The van der Waals surface area contributed by atoms with Crippen LogP contribution >= 0.6 is 0 Å². The largest absolute Gasteiger partial charge is 0.448 e. The monoisotopic (exact) mass is 879 g/mol. The van der Waals surface area contributed by atoms with E-state index in [2.05, 4.69) is 142 Å². The molecular formula is C57H57NO6Si. The molecule has 0 aromatic heterocycles. The van der Waals surface area contributed by atoms with E-state index in [1.54, 1.807) is 19.1 Å². The first-order chi connectivity index (χ1) is 31.6. The lowest BCUT2D eigenvalue weighted by molar-refractivity contribution is -0.405. The van der Waals surface area contributed by atoms with Crippen LogP contribution in [-0.4, -0.2) is 64.8 Å². The van der Waals surface area contributed by atoms with Crippen molar-refractivity contribution in [2.45, 2.75) is 61.9 Å². The summed E-state index contributed by atoms with van der Waals surface area (Å²) in [7, 11) is 0.0567. The summed E-state index contributed by atoms with van der Waals surface area (Å²) in [6, 6.07) is 67.4. The highest BCUT2D eigenvalue weighted by Gasteiger charge is 2.59. The first-order valence-corrected chi connectivity index (χ1v) is 24.4. The summed E-state index contributed by atoms with van der Waals surface area (Å²) in [6.07, 6.45) is -0.651. The Morgan fingerprint density at radius 3 is 1.38 bits per heavy atom. The zero-order valence-corrected chi connectivity index (χ0v) is 38.8. The molecule has 1 aliphatic carbocycles. The van der Waals surface area contributed by atoms with E-state index in [1.165, 1.54) is 0 Å². The SMILES string of the molecule is COC(OC)(OC(c1ccccc1)(c1ccccc1)c1ccccc1)C1CC(O[Si](c2ccccc2)(c2ccccc2)C(C)(C)C)CN1C(=O)OCC1c2ccccc2-c2ccccc21. The van der Waals surface area contributed by atoms with Crippen LogP contribution in [-0.2, 0) is 29.0 Å². The van der Waals surface area contributed by atoms with Gasteiger partial charge in [0, 0.05) is 33.1 Å². The molecule has 1 aliphatic heterocycles. The molecule has 0 radical (unpaired) electrons. The van der Waals surface area contributed by atoms with Crippen LogP contribution < -0.4 is 10.4 Å². The lowest BCUT2D eigenvalue weighted by atomic mass is 9.80. The van der Waals surface area contributed by atoms with Gasteiger partial charge >= 0.3 is 12.1 Å². The third-order valence-corrected chi connectivity index (χ3v) is 18.5. The number of amides is 1. The van der Waals surface area contributed by atoms with Crippen LogP contribution in [0.3, 0.4) is 0 Å². The summed E-state index contributed by atoms with van der Waals surface area (Å²) in [5, 5.41) is 1.97. The molecule has 2 aliphatic rings. The number of rotatable bonds is 14. The maximum atomic E-state index is 15.2. The number of hydrogen-bond donors (Lipinski definition) is 0. The lowest BCUT2D eigenvalue weighted by Gasteiger charge is -2.47. The molecule has 8 heteroatoms. The average molecular weight is 880 g/mol. The summed E-state index contributed by atoms with van der Waals surface area (Å²) < 4.78 is 35.3. The van der Waals surface area contributed by atoms with E-state index in [-0.39, 0.29) is 24.1 Å². The van der Waals surface area contributed by atoms with Gasteiger partial charge < -0.3 is 23.4 Å². The molecule has 1 fully saturated rings. The Kier molecular flexibility index (Phi) is 12.5. The molecule has 7 aromatic rings. The number of ether oxygens (including phenoxy) is 4. The fraction of sp³-hybridized carbons (Fsp3) is 0.246. The van der Waals surface area contributed by atoms with Crippen LogP contribution in [0.5, 0.6) is 0 Å². The summed E-state index contributed by atoms with van der Waals surface area (Å²) >= 11 is 0. The van der Waals surface area contributed by atoms with Crippen LogP contribution in [0.25, 0.3) is 11.1 Å². The number of likely N-dealkylation sites (tertiary alicyclic amines) is 1. The van der Waals surface area contributed by atoms with E-state index in [1.807, 2.05) is 78.9 Å². The number of carbonyl (C=O) groups is 1. The van der Waals surface area contributed by atoms with Crippen molar-refractivity contribution >= 4 is 24.8 Å². The maximum absolute atomic E-state index is 15.2. The van der Waals surface area contributed by atoms with E-state index >= 15 is 4.79 Å². The predicted octanol–water partition coefficient (Wildman–Crippen LogP) is 10.9. The molecule has 330 valence electrons. The van der Waals surface area contributed by atoms with Crippen molar-refractivity contribution in [3.05, 3.63) is 228 Å². The number of benzene rings is 7. The Morgan fingerprint density at radius 2 is 0.969 bits per heavy atom. The van der Waals surface area contributed by atoms with Crippen molar-refractivity contribution < 1.29 is 28.2 Å². The van der Waals surface area contributed by atoms with Crippen molar-refractivity contribution in [2.24, 2.45) is 0 Å². The first kappa shape index (κ1) is 44.1. The van der Waals surface area contributed by atoms with Crippen molar-refractivity contribution in [2.75, 3.05) is 27.4 Å². The van der Waals surface area contributed by atoms with Crippen LogP contribution in [0.1, 0.15) is 60.9 Å². The van der Waals surface area contributed by atoms with Crippen LogP contribution in [0.15, 0.2) is 200 Å². The Morgan fingerprint density at radius 1 is 0.569 bits per heavy atom. The van der Waals surface area contributed by atoms with Gasteiger partial charge in [0.05, 0.1) is 6.10 Å². The molecule has 0 saturated carbocycles. The van der Waals surface area contributed by atoms with Gasteiger partial charge in [0.25, 0.3) is 8.32 Å². The minimum absolute atomic E-state index is 0.135. The highest BCUT2D eigenvalue weighted by atomic mass is 28.4. The topological polar surface area (TPSA) is 66.5 Å².